The lowest BCUT2D eigenvalue weighted by molar-refractivity contribution is -0.144. The van der Waals surface area contributed by atoms with Crippen LogP contribution in [-0.4, -0.2) is 28.1 Å². The SMILES string of the molecule is COc1ccc(-c2nc(C(F)(F)F)nn2-c2ccc(SC)c(F)c2)cc1. The van der Waals surface area contributed by atoms with E-state index in [1.54, 1.807) is 30.5 Å². The maximum absolute atomic E-state index is 14.1. The minimum atomic E-state index is -4.72. The first-order valence-corrected chi connectivity index (χ1v) is 8.58. The van der Waals surface area contributed by atoms with Crippen LogP contribution in [0.3, 0.4) is 0 Å². The molecule has 4 nitrogen and oxygen atoms in total. The van der Waals surface area contributed by atoms with Crippen molar-refractivity contribution in [2.45, 2.75) is 11.1 Å². The van der Waals surface area contributed by atoms with Gasteiger partial charge in [0.1, 0.15) is 11.6 Å². The number of methoxy groups -OCH3 is 1. The molecule has 0 aliphatic carbocycles. The number of ether oxygens (including phenoxy) is 1. The second-order valence-corrected chi connectivity index (χ2v) is 6.06. The van der Waals surface area contributed by atoms with Crippen molar-refractivity contribution in [2.75, 3.05) is 13.4 Å². The highest BCUT2D eigenvalue weighted by Crippen LogP contribution is 2.31. The number of thioether (sulfide) groups is 1. The Bertz CT molecular complexity index is 923. The van der Waals surface area contributed by atoms with Crippen LogP contribution < -0.4 is 4.74 Å². The Balaban J connectivity index is 2.16. The van der Waals surface area contributed by atoms with Gasteiger partial charge < -0.3 is 4.74 Å². The highest BCUT2D eigenvalue weighted by molar-refractivity contribution is 7.98. The molecule has 0 bridgehead atoms. The summed E-state index contributed by atoms with van der Waals surface area (Å²) in [7, 11) is 1.48. The van der Waals surface area contributed by atoms with Crippen molar-refractivity contribution >= 4 is 11.8 Å². The van der Waals surface area contributed by atoms with Crippen molar-refractivity contribution in [1.29, 1.82) is 0 Å². The van der Waals surface area contributed by atoms with Gasteiger partial charge in [0.05, 0.1) is 12.8 Å². The topological polar surface area (TPSA) is 39.9 Å². The van der Waals surface area contributed by atoms with Crippen LogP contribution in [0, 0.1) is 5.82 Å². The maximum atomic E-state index is 14.1. The van der Waals surface area contributed by atoms with Crippen LogP contribution in [0.15, 0.2) is 47.4 Å². The van der Waals surface area contributed by atoms with Gasteiger partial charge >= 0.3 is 6.18 Å². The fourth-order valence-electron chi connectivity index (χ4n) is 2.33. The van der Waals surface area contributed by atoms with E-state index in [0.29, 0.717) is 16.2 Å². The molecule has 0 N–H and O–H groups in total. The summed E-state index contributed by atoms with van der Waals surface area (Å²) >= 11 is 1.20. The molecule has 0 saturated carbocycles. The smallest absolute Gasteiger partial charge is 0.453 e. The van der Waals surface area contributed by atoms with Crippen molar-refractivity contribution < 1.29 is 22.3 Å². The van der Waals surface area contributed by atoms with E-state index in [2.05, 4.69) is 10.1 Å². The van der Waals surface area contributed by atoms with Gasteiger partial charge in [-0.1, -0.05) is 0 Å². The molecule has 0 spiro atoms. The molecule has 1 heterocycles. The molecule has 2 aromatic carbocycles. The molecule has 0 unspecified atom stereocenters. The Labute approximate surface area is 150 Å². The summed E-state index contributed by atoms with van der Waals surface area (Å²) in [6.45, 7) is 0. The van der Waals surface area contributed by atoms with Gasteiger partial charge in [0.15, 0.2) is 5.82 Å². The quantitative estimate of drug-likeness (QED) is 0.478. The molecule has 0 aliphatic rings. The Kier molecular flexibility index (Phi) is 4.90. The molecule has 3 rings (SSSR count). The molecule has 0 atom stereocenters. The molecular weight excluding hydrogens is 370 g/mol. The van der Waals surface area contributed by atoms with Crippen LogP contribution in [0.25, 0.3) is 17.1 Å². The minimum absolute atomic E-state index is 0.0451. The third-order valence-corrected chi connectivity index (χ3v) is 4.36. The lowest BCUT2D eigenvalue weighted by Crippen LogP contribution is -2.08. The molecule has 0 radical (unpaired) electrons. The average Bonchev–Trinajstić information content (AvgIpc) is 3.07. The predicted molar refractivity (Wildman–Crippen MR) is 90.1 cm³/mol. The average molecular weight is 383 g/mol. The van der Waals surface area contributed by atoms with Gasteiger partial charge in [0.2, 0.25) is 0 Å². The van der Waals surface area contributed by atoms with E-state index < -0.39 is 17.8 Å². The summed E-state index contributed by atoms with van der Waals surface area (Å²) in [5.74, 6) is -1.33. The Morgan fingerprint density at radius 1 is 1.08 bits per heavy atom. The first-order chi connectivity index (χ1) is 12.3. The van der Waals surface area contributed by atoms with Crippen molar-refractivity contribution in [3.05, 3.63) is 54.1 Å². The zero-order valence-corrected chi connectivity index (χ0v) is 14.5. The largest absolute Gasteiger partial charge is 0.497 e. The molecule has 3 aromatic rings. The highest BCUT2D eigenvalue weighted by Gasteiger charge is 2.37. The second-order valence-electron chi connectivity index (χ2n) is 5.22. The highest BCUT2D eigenvalue weighted by atomic mass is 32.2. The van der Waals surface area contributed by atoms with Crippen molar-refractivity contribution in [1.82, 2.24) is 14.8 Å². The number of hydrogen-bond donors (Lipinski definition) is 0. The van der Waals surface area contributed by atoms with Crippen molar-refractivity contribution in [3.63, 3.8) is 0 Å². The third kappa shape index (κ3) is 3.52. The Morgan fingerprint density at radius 2 is 1.77 bits per heavy atom. The molecule has 0 aliphatic heterocycles. The van der Waals surface area contributed by atoms with Crippen molar-refractivity contribution in [3.8, 4) is 22.8 Å². The van der Waals surface area contributed by atoms with E-state index in [0.717, 1.165) is 10.7 Å². The van der Waals surface area contributed by atoms with E-state index in [-0.39, 0.29) is 11.5 Å². The lowest BCUT2D eigenvalue weighted by Gasteiger charge is -2.08. The lowest BCUT2D eigenvalue weighted by atomic mass is 10.2. The van der Waals surface area contributed by atoms with Crippen LogP contribution in [0.2, 0.25) is 0 Å². The monoisotopic (exact) mass is 383 g/mol. The Morgan fingerprint density at radius 3 is 2.31 bits per heavy atom. The molecule has 136 valence electrons. The van der Waals surface area contributed by atoms with E-state index in [9.17, 15) is 17.6 Å². The van der Waals surface area contributed by atoms with Gasteiger partial charge in [-0.3, -0.25) is 0 Å². The summed E-state index contributed by atoms with van der Waals surface area (Å²) in [5.41, 5.74) is 0.539. The van der Waals surface area contributed by atoms with Crippen molar-refractivity contribution in [2.24, 2.45) is 0 Å². The van der Waals surface area contributed by atoms with E-state index in [1.165, 1.54) is 31.0 Å². The van der Waals surface area contributed by atoms with Crippen LogP contribution in [0.5, 0.6) is 5.75 Å². The second kappa shape index (κ2) is 6.99. The third-order valence-electron chi connectivity index (χ3n) is 3.59. The van der Waals surface area contributed by atoms with Gasteiger partial charge in [-0.05, 0) is 42.7 Å². The van der Waals surface area contributed by atoms with Gasteiger partial charge in [-0.2, -0.15) is 13.2 Å². The summed E-state index contributed by atoms with van der Waals surface area (Å²) in [5, 5.41) is 3.54. The first-order valence-electron chi connectivity index (χ1n) is 7.36. The number of rotatable bonds is 4. The summed E-state index contributed by atoms with van der Waals surface area (Å²) in [4.78, 5) is 4.00. The number of aromatic nitrogens is 3. The van der Waals surface area contributed by atoms with Crippen LogP contribution in [-0.2, 0) is 6.18 Å². The molecular formula is C17H13F4N3OS. The fraction of sp³-hybridized carbons (Fsp3) is 0.176. The molecule has 1 aromatic heterocycles. The molecule has 9 heteroatoms. The first kappa shape index (κ1) is 18.2. The maximum Gasteiger partial charge on any atom is 0.453 e. The summed E-state index contributed by atoms with van der Waals surface area (Å²) in [6.07, 6.45) is -3.01. The normalized spacial score (nSPS) is 11.6. The van der Waals surface area contributed by atoms with Crippen LogP contribution in [0.1, 0.15) is 5.82 Å². The fourth-order valence-corrected chi connectivity index (χ4v) is 2.78. The standard InChI is InChI=1S/C17H13F4N3OS/c1-25-12-6-3-10(4-7-12)15-22-16(17(19,20)21)23-24(15)11-5-8-14(26-2)13(18)9-11/h3-9H,1-2H3. The minimum Gasteiger partial charge on any atom is -0.497 e. The number of benzene rings is 2. The van der Waals surface area contributed by atoms with Gasteiger partial charge in [0, 0.05) is 16.5 Å². The van der Waals surface area contributed by atoms with Gasteiger partial charge in [0.25, 0.3) is 5.82 Å². The molecule has 26 heavy (non-hydrogen) atoms. The summed E-state index contributed by atoms with van der Waals surface area (Å²) in [6, 6.07) is 10.4. The zero-order valence-electron chi connectivity index (χ0n) is 13.7. The Hall–Kier alpha value is -2.55. The zero-order chi connectivity index (χ0) is 18.9. The number of nitrogens with zero attached hydrogens (tertiary/aromatic N) is 3. The predicted octanol–water partition coefficient (Wildman–Crippen LogP) is 4.82. The van der Waals surface area contributed by atoms with Crippen LogP contribution in [0.4, 0.5) is 17.6 Å². The number of hydrogen-bond acceptors (Lipinski definition) is 4. The molecule has 0 fully saturated rings. The van der Waals surface area contributed by atoms with Gasteiger partial charge in [-0.25, -0.2) is 14.1 Å². The van der Waals surface area contributed by atoms with E-state index in [4.69, 9.17) is 4.74 Å². The summed E-state index contributed by atoms with van der Waals surface area (Å²) < 4.78 is 59.4. The van der Waals surface area contributed by atoms with Gasteiger partial charge in [-0.15, -0.1) is 16.9 Å². The van der Waals surface area contributed by atoms with E-state index in [1.807, 2.05) is 0 Å². The number of halogens is 4. The number of alkyl halides is 3. The van der Waals surface area contributed by atoms with E-state index >= 15 is 0 Å². The molecule has 0 saturated heterocycles. The van der Waals surface area contributed by atoms with Crippen LogP contribution >= 0.6 is 11.8 Å². The molecule has 0 amide bonds.